The Morgan fingerprint density at radius 2 is 1.54 bits per heavy atom. The molecule has 0 unspecified atom stereocenters. The lowest BCUT2D eigenvalue weighted by Crippen LogP contribution is -2.46. The van der Waals surface area contributed by atoms with Gasteiger partial charge in [0.1, 0.15) is 30.3 Å². The van der Waals surface area contributed by atoms with Gasteiger partial charge in [0.2, 0.25) is 5.91 Å². The van der Waals surface area contributed by atoms with E-state index < -0.39 is 71.6 Å². The Balaban J connectivity index is 0.858. The highest BCUT2D eigenvalue weighted by molar-refractivity contribution is 6.19. The molecule has 8 N–H and O–H groups in total. The van der Waals surface area contributed by atoms with Crippen molar-refractivity contribution in [1.82, 2.24) is 35.3 Å². The van der Waals surface area contributed by atoms with Crippen molar-refractivity contribution in [2.24, 2.45) is 17.6 Å². The Hall–Kier alpha value is -9.96. The Bertz CT molecular complexity index is 3750. The lowest BCUT2D eigenvalue weighted by Gasteiger charge is -2.25. The normalized spacial score (nSPS) is 14.0. The number of ketones is 1. The van der Waals surface area contributed by atoms with Gasteiger partial charge < -0.3 is 75.5 Å². The number of alkyl carbamates (subject to hydrolysis) is 1. The van der Waals surface area contributed by atoms with Crippen molar-refractivity contribution in [3.63, 3.8) is 0 Å². The van der Waals surface area contributed by atoms with Gasteiger partial charge in [-0.1, -0.05) is 67.9 Å². The molecule has 2 aliphatic heterocycles. The summed E-state index contributed by atoms with van der Waals surface area (Å²) in [5, 5.41) is 22.0. The van der Waals surface area contributed by atoms with Crippen molar-refractivity contribution in [3.8, 4) is 5.75 Å². The molecule has 498 valence electrons. The number of anilines is 3. The SMILES string of the molecule is Cc1ccc(C(=O)Nc2cnc3[nH]c(C(=O)N4C[C@@H](CCl)c5c4cc(OC(=O)N(CCOCCO)CCN(C)C(=O)OCc4ccc(NC(=O)[C@H](CCCNC(N)=O)CC(=O)[C@@H](NC(=O)OCCOCCN6C(=O)C=CC6=O)C(C)C)cc4)c4ccccc54)cc3c2)cc1. The van der Waals surface area contributed by atoms with Crippen LogP contribution < -0.4 is 36.6 Å². The van der Waals surface area contributed by atoms with Gasteiger partial charge in [-0.3, -0.25) is 33.7 Å². The van der Waals surface area contributed by atoms with Crippen LogP contribution in [0.15, 0.2) is 109 Å². The molecule has 28 heteroatoms. The third kappa shape index (κ3) is 18.9. The van der Waals surface area contributed by atoms with Gasteiger partial charge in [-0.2, -0.15) is 0 Å². The number of carbonyl (C=O) groups is 10. The monoisotopic (exact) mass is 1310 g/mol. The number of amides is 10. The number of alkyl halides is 1. The number of fused-ring (bicyclic) bond motifs is 4. The summed E-state index contributed by atoms with van der Waals surface area (Å²) in [7, 11) is 1.49. The second-order valence-electron chi connectivity index (χ2n) is 22.7. The van der Waals surface area contributed by atoms with Gasteiger partial charge in [0, 0.05) is 104 Å². The van der Waals surface area contributed by atoms with E-state index in [9.17, 15) is 53.1 Å². The van der Waals surface area contributed by atoms with Crippen molar-refractivity contribution in [2.75, 3.05) is 107 Å². The minimum atomic E-state index is -1.04. The van der Waals surface area contributed by atoms with Crippen LogP contribution in [0.1, 0.15) is 76.6 Å². The molecule has 10 amide bonds. The molecular formula is C66H76ClN11O16. The summed E-state index contributed by atoms with van der Waals surface area (Å²) in [6.45, 7) is 5.06. The number of hydrogen-bond acceptors (Lipinski definition) is 17. The first-order valence-corrected chi connectivity index (χ1v) is 31.1. The first-order valence-electron chi connectivity index (χ1n) is 30.6. The van der Waals surface area contributed by atoms with E-state index in [2.05, 4.69) is 31.2 Å². The zero-order valence-corrected chi connectivity index (χ0v) is 53.2. The number of ether oxygens (including phenoxy) is 5. The smallest absolute Gasteiger partial charge is 0.415 e. The number of likely N-dealkylation sites (N-methyl/N-ethyl adjacent to an activating group) is 1. The number of carbonyl (C=O) groups excluding carboxylic acids is 10. The van der Waals surface area contributed by atoms with Crippen molar-refractivity contribution in [1.29, 1.82) is 0 Å². The number of nitrogens with zero attached hydrogens (tertiary/aromatic N) is 5. The lowest BCUT2D eigenvalue weighted by atomic mass is 9.89. The van der Waals surface area contributed by atoms with E-state index in [1.807, 2.05) is 31.2 Å². The molecule has 94 heavy (non-hydrogen) atoms. The number of imide groups is 1. The Labute approximate surface area is 546 Å². The largest absolute Gasteiger partial charge is 0.447 e. The Morgan fingerprint density at radius 3 is 2.24 bits per heavy atom. The van der Waals surface area contributed by atoms with Gasteiger partial charge >= 0.3 is 24.3 Å². The molecule has 0 bridgehead atoms. The van der Waals surface area contributed by atoms with E-state index in [4.69, 9.17) is 41.0 Å². The molecule has 4 heterocycles. The standard InChI is InChI=1S/C66H76ClN11O16/c1-40(2)58(74-64(87)92-31-30-91-28-25-77-55(81)19-20-56(77)82)53(80)34-44(8-7-21-69-63(68)86)61(84)71-47-17-13-42(14-18-47)39-93-65(88)75(4)22-23-76(24-27-90-29-26-79)66(89)94-54-35-52-57(50-10-6-5-9-49(50)54)46(36-67)38-78(52)62(85)51-33-45-32-48(37-70-59(45)73-51)72-60(83)43-15-11-41(3)12-16-43/h5-6,9-20,32-33,35,37,40,44,46,58,79H,7-8,21-31,34,36,38-39H2,1-4H3,(H,70,73)(H,71,84)(H,72,83)(H,74,87)(H3,68,69,86)/t44-,46-,58+/m1/s1. The number of pyridine rings is 1. The first-order chi connectivity index (χ1) is 45.2. The molecule has 0 radical (unpaired) electrons. The zero-order chi connectivity index (χ0) is 67.4. The maximum absolute atomic E-state index is 14.6. The van der Waals surface area contributed by atoms with E-state index in [0.29, 0.717) is 44.6 Å². The number of aliphatic hydroxyl groups is 1. The molecule has 0 fully saturated rings. The number of aromatic nitrogens is 2. The Kier molecular flexibility index (Phi) is 25.0. The van der Waals surface area contributed by atoms with Gasteiger partial charge in [-0.25, -0.2) is 24.2 Å². The molecule has 0 saturated carbocycles. The summed E-state index contributed by atoms with van der Waals surface area (Å²) in [5.74, 6) is -3.84. The minimum absolute atomic E-state index is 0.00282. The number of rotatable bonds is 32. The Morgan fingerprint density at radius 1 is 0.819 bits per heavy atom. The molecule has 3 atom stereocenters. The minimum Gasteiger partial charge on any atom is -0.447 e. The van der Waals surface area contributed by atoms with Gasteiger partial charge in [0.25, 0.3) is 23.6 Å². The maximum atomic E-state index is 14.6. The summed E-state index contributed by atoms with van der Waals surface area (Å²) in [5.41, 5.74) is 10.0. The molecule has 0 aliphatic carbocycles. The number of Topliss-reactive ketones (excluding diaryl/α,β-unsaturated/α-hetero) is 1. The zero-order valence-electron chi connectivity index (χ0n) is 52.5. The molecule has 8 rings (SSSR count). The number of H-pyrrole nitrogens is 1. The van der Waals surface area contributed by atoms with Crippen LogP contribution in [0.2, 0.25) is 0 Å². The van der Waals surface area contributed by atoms with Crippen molar-refractivity contribution in [2.45, 2.75) is 58.6 Å². The molecule has 2 aliphatic rings. The number of benzene rings is 4. The van der Waals surface area contributed by atoms with Crippen LogP contribution >= 0.6 is 11.6 Å². The van der Waals surface area contributed by atoms with Crippen LogP contribution in [0.3, 0.4) is 0 Å². The van der Waals surface area contributed by atoms with Crippen molar-refractivity contribution >= 4 is 110 Å². The fraction of sp³-hybridized carbons (Fsp3) is 0.379. The van der Waals surface area contributed by atoms with Gasteiger partial charge in [0.05, 0.1) is 63.2 Å². The number of nitrogens with two attached hydrogens (primary N) is 1. The van der Waals surface area contributed by atoms with E-state index in [0.717, 1.165) is 33.6 Å². The van der Waals surface area contributed by atoms with Crippen molar-refractivity contribution in [3.05, 3.63) is 137 Å². The average molecular weight is 1310 g/mol. The highest BCUT2D eigenvalue weighted by atomic mass is 35.5. The number of halogens is 1. The third-order valence-corrected chi connectivity index (χ3v) is 16.0. The number of nitrogens with one attached hydrogen (secondary N) is 5. The predicted molar refractivity (Wildman–Crippen MR) is 347 cm³/mol. The number of hydrogen-bond donors (Lipinski definition) is 7. The predicted octanol–water partition coefficient (Wildman–Crippen LogP) is 6.99. The fourth-order valence-corrected chi connectivity index (χ4v) is 10.8. The molecular weight excluding hydrogens is 1240 g/mol. The van der Waals surface area contributed by atoms with Crippen LogP contribution in [-0.2, 0) is 44.7 Å². The number of primary amides is 1. The number of aliphatic hydroxyl groups excluding tert-OH is 1. The highest BCUT2D eigenvalue weighted by Crippen LogP contribution is 2.46. The van der Waals surface area contributed by atoms with E-state index in [1.165, 1.54) is 23.0 Å². The number of aryl methyl sites for hydroxylation is 1. The molecule has 27 nitrogen and oxygen atoms in total. The van der Waals surface area contributed by atoms with Gasteiger partial charge in [0.15, 0.2) is 5.78 Å². The maximum Gasteiger partial charge on any atom is 0.415 e. The van der Waals surface area contributed by atoms with E-state index in [-0.39, 0.29) is 134 Å². The summed E-state index contributed by atoms with van der Waals surface area (Å²) in [6.07, 6.45) is 1.57. The topological polar surface area (TPSA) is 353 Å². The van der Waals surface area contributed by atoms with Gasteiger partial charge in [-0.05, 0) is 78.6 Å². The summed E-state index contributed by atoms with van der Waals surface area (Å²) in [6, 6.07) is 24.1. The summed E-state index contributed by atoms with van der Waals surface area (Å²) < 4.78 is 27.9. The van der Waals surface area contributed by atoms with Crippen LogP contribution in [-0.4, -0.2) is 187 Å². The molecule has 4 aromatic carbocycles. The summed E-state index contributed by atoms with van der Waals surface area (Å²) >= 11 is 6.61. The van der Waals surface area contributed by atoms with E-state index in [1.54, 1.807) is 85.5 Å². The lowest BCUT2D eigenvalue weighted by molar-refractivity contribution is -0.137. The second-order valence-corrected chi connectivity index (χ2v) is 23.0. The second kappa shape index (κ2) is 33.6. The average Bonchev–Trinajstić information content (AvgIpc) is 1.56. The van der Waals surface area contributed by atoms with E-state index >= 15 is 0 Å². The highest BCUT2D eigenvalue weighted by Gasteiger charge is 2.37. The van der Waals surface area contributed by atoms with Crippen LogP contribution in [0.5, 0.6) is 5.75 Å². The van der Waals surface area contributed by atoms with Crippen LogP contribution in [0, 0.1) is 18.8 Å². The fourth-order valence-electron chi connectivity index (χ4n) is 10.6. The van der Waals surface area contributed by atoms with Crippen LogP contribution in [0.4, 0.5) is 36.2 Å². The quantitative estimate of drug-likeness (QED) is 0.0127. The number of urea groups is 1. The first kappa shape index (κ1) is 69.9. The molecule has 0 saturated heterocycles. The molecule has 6 aromatic rings. The third-order valence-electron chi connectivity index (χ3n) is 15.6. The number of aromatic amines is 1. The van der Waals surface area contributed by atoms with Crippen molar-refractivity contribution < 1.29 is 76.7 Å². The molecule has 2 aromatic heterocycles. The summed E-state index contributed by atoms with van der Waals surface area (Å²) in [4.78, 5) is 143. The van der Waals surface area contributed by atoms with Crippen LogP contribution in [0.25, 0.3) is 21.8 Å². The van der Waals surface area contributed by atoms with Gasteiger partial charge in [-0.15, -0.1) is 11.6 Å². The molecule has 0 spiro atoms.